The number of carbonyl (C=O) groups is 1. The van der Waals surface area contributed by atoms with E-state index in [-0.39, 0.29) is 18.9 Å². The molecule has 0 aromatic heterocycles. The van der Waals surface area contributed by atoms with Crippen molar-refractivity contribution in [3.63, 3.8) is 0 Å². The number of aliphatic hydroxyl groups is 11. The summed E-state index contributed by atoms with van der Waals surface area (Å²) in [5.41, 5.74) is 0. The van der Waals surface area contributed by atoms with E-state index in [1.54, 1.807) is 6.08 Å². The fourth-order valence-electron chi connectivity index (χ4n) is 9.33. The average molecular weight is 1160 g/mol. The standard InChI is InChI=1S/C63H103NO18/c1-3-5-7-9-11-13-15-17-18-19-20-21-22-23-24-25-26-27-28-29-31-33-35-37-39-41-51(69)64-46(47(68)40-38-36-34-32-30-16-14-12-10-8-6-4-2)45-77-61-57(75)54(72)59(49(43-66)79-61)82-63-58(76)55(73)60(50(44-67)80-63)81-62-56(74)53(71)52(70)48(42-65)78-62/h5,7,10-13,17-18,20-21,23-24,26-27,30,32,38,40,46-50,52-63,65-68,70-76H,3-4,6,8-9,14-16,19,22,25,28-29,31,33-37,39,41-45H2,1-2H3,(H,64,69)/b7-5-,12-10+,13-11-,18-17-,21-20-,24-23-,27-26-,32-30+,40-38+. The third-order valence-electron chi connectivity index (χ3n) is 14.3. The highest BCUT2D eigenvalue weighted by molar-refractivity contribution is 5.76. The van der Waals surface area contributed by atoms with Crippen LogP contribution in [0.4, 0.5) is 0 Å². The van der Waals surface area contributed by atoms with E-state index in [0.29, 0.717) is 12.8 Å². The molecule has 3 saturated heterocycles. The van der Waals surface area contributed by atoms with Crippen molar-refractivity contribution in [2.24, 2.45) is 0 Å². The minimum absolute atomic E-state index is 0.207. The lowest BCUT2D eigenvalue weighted by molar-refractivity contribution is -0.379. The molecule has 0 aliphatic carbocycles. The second-order valence-corrected chi connectivity index (χ2v) is 21.1. The Morgan fingerprint density at radius 2 is 0.854 bits per heavy atom. The van der Waals surface area contributed by atoms with Crippen LogP contribution in [0.15, 0.2) is 109 Å². The number of aliphatic hydroxyl groups excluding tert-OH is 11. The zero-order valence-corrected chi connectivity index (χ0v) is 48.7. The van der Waals surface area contributed by atoms with Gasteiger partial charge >= 0.3 is 0 Å². The maximum Gasteiger partial charge on any atom is 0.220 e. The lowest BCUT2D eigenvalue weighted by atomic mass is 9.96. The summed E-state index contributed by atoms with van der Waals surface area (Å²) in [5.74, 6) is -0.313. The van der Waals surface area contributed by atoms with Crippen LogP contribution in [0.25, 0.3) is 0 Å². The second kappa shape index (κ2) is 44.9. The summed E-state index contributed by atoms with van der Waals surface area (Å²) >= 11 is 0. The Labute approximate surface area is 487 Å². The van der Waals surface area contributed by atoms with Crippen molar-refractivity contribution in [1.82, 2.24) is 5.32 Å². The number of unbranched alkanes of at least 4 members (excludes halogenated alkanes) is 10. The Morgan fingerprint density at radius 1 is 0.451 bits per heavy atom. The van der Waals surface area contributed by atoms with Gasteiger partial charge in [0.2, 0.25) is 5.91 Å². The summed E-state index contributed by atoms with van der Waals surface area (Å²) in [6.45, 7) is 1.48. The Hall–Kier alpha value is -3.55. The molecular weight excluding hydrogens is 1060 g/mol. The zero-order chi connectivity index (χ0) is 59.7. The molecular formula is C63H103NO18. The van der Waals surface area contributed by atoms with Crippen LogP contribution in [0, 0.1) is 0 Å². The Kier molecular flexibility index (Phi) is 39.8. The van der Waals surface area contributed by atoms with E-state index in [0.717, 1.165) is 103 Å². The van der Waals surface area contributed by atoms with E-state index in [1.807, 2.05) is 6.08 Å². The highest BCUT2D eigenvalue weighted by Crippen LogP contribution is 2.33. The van der Waals surface area contributed by atoms with E-state index in [9.17, 15) is 61.0 Å². The first-order valence-electron chi connectivity index (χ1n) is 30.1. The zero-order valence-electron chi connectivity index (χ0n) is 48.7. The fraction of sp³-hybridized carbons (Fsp3) is 0.698. The predicted molar refractivity (Wildman–Crippen MR) is 313 cm³/mol. The number of allylic oxidation sites excluding steroid dienone is 17. The van der Waals surface area contributed by atoms with Gasteiger partial charge in [0.1, 0.15) is 73.2 Å². The van der Waals surface area contributed by atoms with Gasteiger partial charge < -0.3 is 89.9 Å². The molecule has 19 nitrogen and oxygen atoms in total. The molecule has 3 heterocycles. The van der Waals surface area contributed by atoms with Gasteiger partial charge in [0.05, 0.1) is 38.6 Å². The SMILES string of the molecule is CC/C=C\C/C=C\C/C=C\C/C=C\C/C=C\C/C=C\CCCCCCCCC(=O)NC(COC1OC(CO)C(OC2OC(CO)C(OC3OC(CO)C(O)C(O)C3O)C(O)C2O)C(O)C1O)C(O)/C=C/CC/C=C/CC/C=C/CCCC. The van der Waals surface area contributed by atoms with Gasteiger partial charge in [-0.2, -0.15) is 0 Å². The van der Waals surface area contributed by atoms with E-state index in [4.69, 9.17) is 28.4 Å². The van der Waals surface area contributed by atoms with Crippen molar-refractivity contribution < 1.29 is 89.4 Å². The minimum Gasteiger partial charge on any atom is -0.394 e. The molecule has 19 heteroatoms. The monoisotopic (exact) mass is 1160 g/mol. The molecule has 3 aliphatic rings. The number of hydrogen-bond donors (Lipinski definition) is 12. The van der Waals surface area contributed by atoms with Crippen LogP contribution >= 0.6 is 0 Å². The number of carbonyl (C=O) groups excluding carboxylic acids is 1. The number of nitrogens with one attached hydrogen (secondary N) is 1. The second-order valence-electron chi connectivity index (χ2n) is 21.1. The molecule has 3 aliphatic heterocycles. The van der Waals surface area contributed by atoms with Crippen LogP contribution in [0.5, 0.6) is 0 Å². The minimum atomic E-state index is -1.99. The molecule has 0 spiro atoms. The summed E-state index contributed by atoms with van der Waals surface area (Å²) < 4.78 is 34.2. The van der Waals surface area contributed by atoms with Gasteiger partial charge in [-0.05, 0) is 89.9 Å². The maximum absolute atomic E-state index is 13.3. The van der Waals surface area contributed by atoms with Gasteiger partial charge in [0.15, 0.2) is 18.9 Å². The van der Waals surface area contributed by atoms with Crippen LogP contribution in [-0.2, 0) is 33.2 Å². The first-order chi connectivity index (χ1) is 39.8. The Morgan fingerprint density at radius 3 is 1.37 bits per heavy atom. The largest absolute Gasteiger partial charge is 0.394 e. The number of amides is 1. The van der Waals surface area contributed by atoms with Crippen molar-refractivity contribution in [2.45, 2.75) is 253 Å². The molecule has 3 rings (SSSR count). The highest BCUT2D eigenvalue weighted by Gasteiger charge is 2.53. The fourth-order valence-corrected chi connectivity index (χ4v) is 9.33. The summed E-state index contributed by atoms with van der Waals surface area (Å²) in [5, 5.41) is 120. The lowest BCUT2D eigenvalue weighted by Gasteiger charge is -2.48. The van der Waals surface area contributed by atoms with Crippen molar-refractivity contribution in [3.8, 4) is 0 Å². The predicted octanol–water partition coefficient (Wildman–Crippen LogP) is 5.53. The van der Waals surface area contributed by atoms with Crippen molar-refractivity contribution in [1.29, 1.82) is 0 Å². The molecule has 0 aromatic carbocycles. The summed E-state index contributed by atoms with van der Waals surface area (Å²) in [4.78, 5) is 13.3. The molecule has 0 radical (unpaired) electrons. The summed E-state index contributed by atoms with van der Waals surface area (Å²) in [6.07, 6.45) is 30.7. The molecule has 82 heavy (non-hydrogen) atoms. The topological polar surface area (TPSA) is 307 Å². The van der Waals surface area contributed by atoms with Gasteiger partial charge in [0.25, 0.3) is 0 Å². The maximum atomic E-state index is 13.3. The van der Waals surface area contributed by atoms with Gasteiger partial charge in [0, 0.05) is 6.42 Å². The van der Waals surface area contributed by atoms with E-state index in [1.165, 1.54) is 12.8 Å². The molecule has 17 atom stereocenters. The number of ether oxygens (including phenoxy) is 6. The van der Waals surface area contributed by atoms with Gasteiger partial charge in [-0.15, -0.1) is 0 Å². The van der Waals surface area contributed by atoms with Gasteiger partial charge in [-0.3, -0.25) is 4.79 Å². The summed E-state index contributed by atoms with van der Waals surface area (Å²) in [7, 11) is 0. The molecule has 468 valence electrons. The average Bonchev–Trinajstić information content (AvgIpc) is 3.59. The van der Waals surface area contributed by atoms with Crippen molar-refractivity contribution >= 4 is 5.91 Å². The molecule has 3 fully saturated rings. The molecule has 0 aromatic rings. The van der Waals surface area contributed by atoms with Crippen LogP contribution in [0.2, 0.25) is 0 Å². The first-order valence-corrected chi connectivity index (χ1v) is 30.1. The Balaban J connectivity index is 1.48. The number of rotatable bonds is 42. The van der Waals surface area contributed by atoms with Crippen molar-refractivity contribution in [3.05, 3.63) is 109 Å². The number of hydrogen-bond acceptors (Lipinski definition) is 18. The molecule has 12 N–H and O–H groups in total. The van der Waals surface area contributed by atoms with Gasteiger partial charge in [-0.1, -0.05) is 162 Å². The third kappa shape index (κ3) is 28.1. The summed E-state index contributed by atoms with van der Waals surface area (Å²) in [6, 6.07) is -1.01. The quantitative estimate of drug-likeness (QED) is 0.0264. The first kappa shape index (κ1) is 72.7. The smallest absolute Gasteiger partial charge is 0.220 e. The molecule has 1 amide bonds. The normalized spacial score (nSPS) is 30.4. The van der Waals surface area contributed by atoms with Crippen LogP contribution in [-0.4, -0.2) is 193 Å². The molecule has 17 unspecified atom stereocenters. The lowest BCUT2D eigenvalue weighted by Crippen LogP contribution is -2.66. The highest BCUT2D eigenvalue weighted by atomic mass is 16.8. The third-order valence-corrected chi connectivity index (χ3v) is 14.3. The van der Waals surface area contributed by atoms with Crippen molar-refractivity contribution in [2.75, 3.05) is 26.4 Å². The van der Waals surface area contributed by atoms with Crippen LogP contribution in [0.1, 0.15) is 149 Å². The van der Waals surface area contributed by atoms with E-state index >= 15 is 0 Å². The van der Waals surface area contributed by atoms with Crippen LogP contribution < -0.4 is 5.32 Å². The van der Waals surface area contributed by atoms with E-state index < -0.39 is 124 Å². The molecule has 0 saturated carbocycles. The van der Waals surface area contributed by atoms with Gasteiger partial charge in [-0.25, -0.2) is 0 Å². The Bertz CT molecular complexity index is 1920. The molecule has 0 bridgehead atoms. The van der Waals surface area contributed by atoms with Crippen LogP contribution in [0.3, 0.4) is 0 Å². The van der Waals surface area contributed by atoms with E-state index in [2.05, 4.69) is 116 Å².